The monoisotopic (exact) mass is 287 g/mol. The van der Waals surface area contributed by atoms with Gasteiger partial charge in [0, 0.05) is 10.7 Å². The summed E-state index contributed by atoms with van der Waals surface area (Å²) in [7, 11) is 1.57. The van der Waals surface area contributed by atoms with E-state index in [1.165, 1.54) is 12.1 Å². The van der Waals surface area contributed by atoms with Crippen molar-refractivity contribution in [3.63, 3.8) is 0 Å². The van der Waals surface area contributed by atoms with Gasteiger partial charge in [-0.05, 0) is 43.5 Å². The first-order valence-electron chi connectivity index (χ1n) is 5.42. The van der Waals surface area contributed by atoms with Crippen molar-refractivity contribution in [1.82, 2.24) is 0 Å². The average Bonchev–Trinajstić information content (AvgIpc) is 2.29. The third-order valence-electron chi connectivity index (χ3n) is 2.73. The lowest BCUT2D eigenvalue weighted by Gasteiger charge is -2.15. The summed E-state index contributed by atoms with van der Waals surface area (Å²) in [5.41, 5.74) is 1.21. The smallest absolute Gasteiger partial charge is 0.261 e. The fourth-order valence-corrected chi connectivity index (χ4v) is 2.77. The third kappa shape index (κ3) is 3.15. The highest BCUT2D eigenvalue weighted by Gasteiger charge is 2.18. The Balaban J connectivity index is 3.22. The van der Waals surface area contributed by atoms with Crippen LogP contribution in [0.15, 0.2) is 17.0 Å². The Morgan fingerprint density at radius 2 is 2.00 bits per heavy atom. The fourth-order valence-electron chi connectivity index (χ4n) is 1.52. The van der Waals surface area contributed by atoms with E-state index in [0.29, 0.717) is 23.3 Å². The van der Waals surface area contributed by atoms with E-state index in [2.05, 4.69) is 0 Å². The predicted molar refractivity (Wildman–Crippen MR) is 69.3 cm³/mol. The summed E-state index contributed by atoms with van der Waals surface area (Å²) in [5.74, 6) is 0.505. The van der Waals surface area contributed by atoms with Gasteiger partial charge in [-0.1, -0.05) is 6.92 Å². The van der Waals surface area contributed by atoms with E-state index in [0.717, 1.165) is 0 Å². The lowest BCUT2D eigenvalue weighted by Crippen LogP contribution is -2.13. The molecular formula is C12H14ClNO3S. The molecule has 0 bridgehead atoms. The number of halogens is 1. The molecule has 0 saturated carbocycles. The number of ether oxygens (including phenoxy) is 1. The largest absolute Gasteiger partial charge is 0.475 e. The minimum absolute atomic E-state index is 0.0685. The molecular weight excluding hydrogens is 274 g/mol. The van der Waals surface area contributed by atoms with Crippen LogP contribution in [0, 0.1) is 25.2 Å². The predicted octanol–water partition coefficient (Wildman–Crippen LogP) is 2.91. The number of hydrogen-bond donors (Lipinski definition) is 0. The summed E-state index contributed by atoms with van der Waals surface area (Å²) < 4.78 is 28.1. The van der Waals surface area contributed by atoms with Gasteiger partial charge in [0.05, 0.1) is 4.90 Å². The summed E-state index contributed by atoms with van der Waals surface area (Å²) in [6.07, 6.45) is 0.0198. The molecule has 1 rings (SSSR count). The van der Waals surface area contributed by atoms with E-state index in [1.54, 1.807) is 13.8 Å². The second-order valence-electron chi connectivity index (χ2n) is 3.89. The van der Waals surface area contributed by atoms with Crippen LogP contribution in [-0.2, 0) is 9.05 Å². The van der Waals surface area contributed by atoms with Crippen LogP contribution in [-0.4, -0.2) is 14.5 Å². The maximum atomic E-state index is 11.3. The molecule has 18 heavy (non-hydrogen) atoms. The Hall–Kier alpha value is -1.25. The van der Waals surface area contributed by atoms with Crippen molar-refractivity contribution >= 4 is 19.7 Å². The summed E-state index contributed by atoms with van der Waals surface area (Å²) in [6, 6.07) is 4.94. The zero-order chi connectivity index (χ0) is 13.9. The van der Waals surface area contributed by atoms with Gasteiger partial charge in [-0.15, -0.1) is 0 Å². The van der Waals surface area contributed by atoms with Crippen molar-refractivity contribution in [3.8, 4) is 11.8 Å². The van der Waals surface area contributed by atoms with Crippen LogP contribution in [0.3, 0.4) is 0 Å². The number of nitrogens with zero attached hydrogens (tertiary/aromatic N) is 1. The Labute approximate surface area is 112 Å². The van der Waals surface area contributed by atoms with Gasteiger partial charge in [0.15, 0.2) is 6.10 Å². The number of hydrogen-bond acceptors (Lipinski definition) is 4. The number of nitriles is 1. The quantitative estimate of drug-likeness (QED) is 0.799. The standard InChI is InChI=1S/C12H14ClNO3S/c1-4-10(7-14)17-11-5-6-12(18(13,15)16)9(3)8(11)2/h5-6,10H,4H2,1-3H3. The van der Waals surface area contributed by atoms with Gasteiger partial charge in [-0.3, -0.25) is 0 Å². The van der Waals surface area contributed by atoms with Crippen molar-refractivity contribution in [2.75, 3.05) is 0 Å². The molecule has 4 nitrogen and oxygen atoms in total. The number of rotatable bonds is 4. The molecule has 98 valence electrons. The van der Waals surface area contributed by atoms with Crippen LogP contribution >= 0.6 is 10.7 Å². The van der Waals surface area contributed by atoms with Gasteiger partial charge in [-0.2, -0.15) is 5.26 Å². The molecule has 1 aromatic carbocycles. The highest BCUT2D eigenvalue weighted by atomic mass is 35.7. The zero-order valence-corrected chi connectivity index (χ0v) is 12.0. The summed E-state index contributed by atoms with van der Waals surface area (Å²) in [4.78, 5) is 0.0685. The molecule has 0 radical (unpaired) electrons. The van der Waals surface area contributed by atoms with Gasteiger partial charge in [0.2, 0.25) is 0 Å². The average molecular weight is 288 g/mol. The second kappa shape index (κ2) is 5.59. The van der Waals surface area contributed by atoms with Crippen LogP contribution in [0.5, 0.6) is 5.75 Å². The van der Waals surface area contributed by atoms with Crippen molar-refractivity contribution in [2.24, 2.45) is 0 Å². The molecule has 0 aliphatic carbocycles. The fraction of sp³-hybridized carbons (Fsp3) is 0.417. The first kappa shape index (κ1) is 14.8. The Morgan fingerprint density at radius 3 is 2.44 bits per heavy atom. The SMILES string of the molecule is CCC(C#N)Oc1ccc(S(=O)(=O)Cl)c(C)c1C. The van der Waals surface area contributed by atoms with Crippen LogP contribution in [0.2, 0.25) is 0 Å². The topological polar surface area (TPSA) is 67.2 Å². The molecule has 0 N–H and O–H groups in total. The van der Waals surface area contributed by atoms with Crippen LogP contribution in [0.25, 0.3) is 0 Å². The van der Waals surface area contributed by atoms with Gasteiger partial charge in [-0.25, -0.2) is 8.42 Å². The molecule has 1 aromatic rings. The van der Waals surface area contributed by atoms with E-state index in [1.807, 2.05) is 13.0 Å². The van der Waals surface area contributed by atoms with E-state index in [4.69, 9.17) is 20.7 Å². The normalized spacial score (nSPS) is 12.8. The molecule has 0 heterocycles. The van der Waals surface area contributed by atoms with Crippen LogP contribution in [0.1, 0.15) is 24.5 Å². The first-order valence-corrected chi connectivity index (χ1v) is 7.73. The van der Waals surface area contributed by atoms with Gasteiger partial charge in [0.25, 0.3) is 9.05 Å². The van der Waals surface area contributed by atoms with E-state index >= 15 is 0 Å². The van der Waals surface area contributed by atoms with E-state index < -0.39 is 15.2 Å². The minimum Gasteiger partial charge on any atom is -0.475 e. The van der Waals surface area contributed by atoms with Crippen LogP contribution in [0.4, 0.5) is 0 Å². The Morgan fingerprint density at radius 1 is 1.39 bits per heavy atom. The maximum Gasteiger partial charge on any atom is 0.261 e. The molecule has 0 amide bonds. The molecule has 0 aromatic heterocycles. The molecule has 1 unspecified atom stereocenters. The van der Waals surface area contributed by atoms with E-state index in [-0.39, 0.29) is 4.90 Å². The third-order valence-corrected chi connectivity index (χ3v) is 4.20. The highest BCUT2D eigenvalue weighted by Crippen LogP contribution is 2.29. The zero-order valence-electron chi connectivity index (χ0n) is 10.4. The summed E-state index contributed by atoms with van der Waals surface area (Å²) in [5, 5.41) is 8.84. The van der Waals surface area contributed by atoms with Crippen molar-refractivity contribution in [3.05, 3.63) is 23.3 Å². The van der Waals surface area contributed by atoms with Crippen molar-refractivity contribution in [1.29, 1.82) is 5.26 Å². The lowest BCUT2D eigenvalue weighted by molar-refractivity contribution is 0.250. The van der Waals surface area contributed by atoms with Gasteiger partial charge < -0.3 is 4.74 Å². The molecule has 0 saturated heterocycles. The molecule has 0 spiro atoms. The maximum absolute atomic E-state index is 11.3. The first-order chi connectivity index (χ1) is 8.31. The lowest BCUT2D eigenvalue weighted by atomic mass is 10.1. The van der Waals surface area contributed by atoms with Crippen molar-refractivity contribution < 1.29 is 13.2 Å². The van der Waals surface area contributed by atoms with Crippen molar-refractivity contribution in [2.45, 2.75) is 38.2 Å². The molecule has 0 aliphatic rings. The molecule has 6 heteroatoms. The van der Waals surface area contributed by atoms with E-state index in [9.17, 15) is 8.42 Å². The Kier molecular flexibility index (Phi) is 4.60. The van der Waals surface area contributed by atoms with Gasteiger partial charge >= 0.3 is 0 Å². The molecule has 0 aliphatic heterocycles. The highest BCUT2D eigenvalue weighted by molar-refractivity contribution is 8.13. The van der Waals surface area contributed by atoms with Crippen LogP contribution < -0.4 is 4.74 Å². The molecule has 0 fully saturated rings. The van der Waals surface area contributed by atoms with Gasteiger partial charge in [0.1, 0.15) is 11.8 Å². The summed E-state index contributed by atoms with van der Waals surface area (Å²) in [6.45, 7) is 5.23. The molecule has 1 atom stereocenters. The number of benzene rings is 1. The minimum atomic E-state index is -3.76. The Bertz CT molecular complexity index is 590. The summed E-state index contributed by atoms with van der Waals surface area (Å²) >= 11 is 0. The second-order valence-corrected chi connectivity index (χ2v) is 6.43.